The zero-order valence-electron chi connectivity index (χ0n) is 16.7. The van der Waals surface area contributed by atoms with Crippen molar-refractivity contribution in [1.29, 1.82) is 0 Å². The molecule has 0 atom stereocenters. The number of rotatable bonds is 3. The lowest BCUT2D eigenvalue weighted by Gasteiger charge is -2.32. The topological polar surface area (TPSA) is 41.4 Å². The molecular weight excluding hydrogens is 410 g/mol. The predicted molar refractivity (Wildman–Crippen MR) is 112 cm³/mol. The Kier molecular flexibility index (Phi) is 5.58. The third-order valence-electron chi connectivity index (χ3n) is 5.37. The highest BCUT2D eigenvalue weighted by Gasteiger charge is 2.28. The fourth-order valence-electron chi connectivity index (χ4n) is 3.63. The van der Waals surface area contributed by atoms with E-state index in [9.17, 15) is 13.6 Å². The molecule has 3 aromatic rings. The van der Waals surface area contributed by atoms with Crippen LogP contribution in [0.4, 0.5) is 8.78 Å². The van der Waals surface area contributed by atoms with E-state index in [0.29, 0.717) is 29.4 Å². The summed E-state index contributed by atoms with van der Waals surface area (Å²) in [5.41, 5.74) is 2.25. The van der Waals surface area contributed by atoms with E-state index in [2.05, 4.69) is 10.00 Å². The van der Waals surface area contributed by atoms with Gasteiger partial charge in [0.2, 0.25) is 0 Å². The van der Waals surface area contributed by atoms with E-state index in [1.165, 1.54) is 16.8 Å². The Balaban J connectivity index is 1.85. The van der Waals surface area contributed by atoms with Gasteiger partial charge in [-0.15, -0.1) is 0 Å². The summed E-state index contributed by atoms with van der Waals surface area (Å²) in [7, 11) is 2.01. The standard InChI is InChI=1S/C22H21ClF2N4O/c1-14-20(22(30)28-11-9-27(2)10-12-28)26-29(19-8-7-17(24)13-18(19)25)21(14)15-3-5-16(23)6-4-15/h3-8,13H,9-12H2,1-2H3. The first-order chi connectivity index (χ1) is 14.3. The number of hydrogen-bond acceptors (Lipinski definition) is 3. The molecule has 1 fully saturated rings. The van der Waals surface area contributed by atoms with Gasteiger partial charge in [-0.05, 0) is 38.2 Å². The number of carbonyl (C=O) groups excluding carboxylic acids is 1. The van der Waals surface area contributed by atoms with Crippen LogP contribution < -0.4 is 0 Å². The van der Waals surface area contributed by atoms with E-state index in [1.54, 1.807) is 36.1 Å². The molecule has 0 bridgehead atoms. The summed E-state index contributed by atoms with van der Waals surface area (Å²) < 4.78 is 29.5. The monoisotopic (exact) mass is 430 g/mol. The van der Waals surface area contributed by atoms with Crippen molar-refractivity contribution in [1.82, 2.24) is 19.6 Å². The highest BCUT2D eigenvalue weighted by molar-refractivity contribution is 6.30. The van der Waals surface area contributed by atoms with E-state index in [0.717, 1.165) is 24.7 Å². The molecule has 1 aliphatic heterocycles. The average Bonchev–Trinajstić information content (AvgIpc) is 3.05. The number of aromatic nitrogens is 2. The van der Waals surface area contributed by atoms with Crippen LogP contribution in [0.3, 0.4) is 0 Å². The quantitative estimate of drug-likeness (QED) is 0.626. The average molecular weight is 431 g/mol. The predicted octanol–water partition coefficient (Wildman–Crippen LogP) is 4.17. The summed E-state index contributed by atoms with van der Waals surface area (Å²) in [6.07, 6.45) is 0. The van der Waals surface area contributed by atoms with E-state index in [1.807, 2.05) is 7.05 Å². The second-order valence-electron chi connectivity index (χ2n) is 7.43. The minimum Gasteiger partial charge on any atom is -0.335 e. The highest BCUT2D eigenvalue weighted by atomic mass is 35.5. The summed E-state index contributed by atoms with van der Waals surface area (Å²) in [6, 6.07) is 10.3. The molecule has 0 saturated carbocycles. The van der Waals surface area contributed by atoms with Crippen LogP contribution in [0.2, 0.25) is 5.02 Å². The molecule has 30 heavy (non-hydrogen) atoms. The minimum absolute atomic E-state index is 0.0712. The van der Waals surface area contributed by atoms with Crippen molar-refractivity contribution in [2.24, 2.45) is 0 Å². The molecule has 1 saturated heterocycles. The number of nitrogens with zero attached hydrogens (tertiary/aromatic N) is 4. The Morgan fingerprint density at radius 1 is 1.03 bits per heavy atom. The van der Waals surface area contributed by atoms with Crippen LogP contribution in [0.5, 0.6) is 0 Å². The number of halogens is 3. The first kappa shape index (κ1) is 20.5. The SMILES string of the molecule is Cc1c(C(=O)N2CCN(C)CC2)nn(-c2ccc(F)cc2F)c1-c1ccc(Cl)cc1. The molecule has 0 aliphatic carbocycles. The maximum atomic E-state index is 14.6. The Hall–Kier alpha value is -2.77. The van der Waals surface area contributed by atoms with Crippen molar-refractivity contribution in [3.63, 3.8) is 0 Å². The molecule has 1 amide bonds. The summed E-state index contributed by atoms with van der Waals surface area (Å²) in [4.78, 5) is 17.1. The molecule has 2 aromatic carbocycles. The molecule has 8 heteroatoms. The van der Waals surface area contributed by atoms with Crippen LogP contribution >= 0.6 is 11.6 Å². The highest BCUT2D eigenvalue weighted by Crippen LogP contribution is 2.31. The maximum absolute atomic E-state index is 14.6. The van der Waals surface area contributed by atoms with Gasteiger partial charge in [-0.3, -0.25) is 4.79 Å². The summed E-state index contributed by atoms with van der Waals surface area (Å²) >= 11 is 6.02. The van der Waals surface area contributed by atoms with E-state index in [4.69, 9.17) is 11.6 Å². The fourth-order valence-corrected chi connectivity index (χ4v) is 3.76. The lowest BCUT2D eigenvalue weighted by molar-refractivity contribution is 0.0657. The molecule has 1 aliphatic rings. The van der Waals surface area contributed by atoms with Crippen molar-refractivity contribution >= 4 is 17.5 Å². The number of amides is 1. The third-order valence-corrected chi connectivity index (χ3v) is 5.62. The number of carbonyl (C=O) groups is 1. The second-order valence-corrected chi connectivity index (χ2v) is 7.87. The zero-order chi connectivity index (χ0) is 21.4. The van der Waals surface area contributed by atoms with Crippen LogP contribution in [-0.4, -0.2) is 58.7 Å². The molecular formula is C22H21ClF2N4O. The van der Waals surface area contributed by atoms with Crippen LogP contribution in [0, 0.1) is 18.6 Å². The second kappa shape index (κ2) is 8.16. The number of hydrogen-bond donors (Lipinski definition) is 0. The summed E-state index contributed by atoms with van der Waals surface area (Å²) in [5, 5.41) is 5.04. The van der Waals surface area contributed by atoms with Gasteiger partial charge in [-0.2, -0.15) is 5.10 Å². The van der Waals surface area contributed by atoms with Gasteiger partial charge in [-0.1, -0.05) is 23.7 Å². The van der Waals surface area contributed by atoms with Gasteiger partial charge in [0.15, 0.2) is 11.5 Å². The van der Waals surface area contributed by atoms with E-state index in [-0.39, 0.29) is 17.3 Å². The molecule has 1 aromatic heterocycles. The van der Waals surface area contributed by atoms with Gasteiger partial charge in [0, 0.05) is 48.4 Å². The van der Waals surface area contributed by atoms with Gasteiger partial charge in [0.25, 0.3) is 5.91 Å². The van der Waals surface area contributed by atoms with Crippen molar-refractivity contribution in [3.8, 4) is 16.9 Å². The van der Waals surface area contributed by atoms with Crippen molar-refractivity contribution < 1.29 is 13.6 Å². The number of likely N-dealkylation sites (N-methyl/N-ethyl adjacent to an activating group) is 1. The van der Waals surface area contributed by atoms with Crippen LogP contribution in [0.25, 0.3) is 16.9 Å². The Labute approximate surface area is 178 Å². The van der Waals surface area contributed by atoms with Gasteiger partial charge in [0.1, 0.15) is 11.5 Å². The number of benzene rings is 2. The van der Waals surface area contributed by atoms with Crippen molar-refractivity contribution in [2.45, 2.75) is 6.92 Å². The normalized spacial score (nSPS) is 14.9. The Bertz CT molecular complexity index is 1090. The lowest BCUT2D eigenvalue weighted by atomic mass is 10.1. The third kappa shape index (κ3) is 3.82. The molecule has 0 unspecified atom stereocenters. The molecule has 5 nitrogen and oxygen atoms in total. The minimum atomic E-state index is -0.758. The zero-order valence-corrected chi connectivity index (χ0v) is 17.5. The fraction of sp³-hybridized carbons (Fsp3) is 0.273. The lowest BCUT2D eigenvalue weighted by Crippen LogP contribution is -2.47. The molecule has 2 heterocycles. The summed E-state index contributed by atoms with van der Waals surface area (Å²) in [5.74, 6) is -1.63. The molecule has 4 rings (SSSR count). The van der Waals surface area contributed by atoms with Gasteiger partial charge in [-0.25, -0.2) is 13.5 Å². The first-order valence-electron chi connectivity index (χ1n) is 9.64. The van der Waals surface area contributed by atoms with E-state index < -0.39 is 11.6 Å². The Morgan fingerprint density at radius 3 is 2.33 bits per heavy atom. The Morgan fingerprint density at radius 2 is 1.70 bits per heavy atom. The molecule has 0 radical (unpaired) electrons. The van der Waals surface area contributed by atoms with Crippen LogP contribution in [0.15, 0.2) is 42.5 Å². The maximum Gasteiger partial charge on any atom is 0.274 e. The van der Waals surface area contributed by atoms with Crippen molar-refractivity contribution in [2.75, 3.05) is 33.2 Å². The van der Waals surface area contributed by atoms with Crippen molar-refractivity contribution in [3.05, 3.63) is 70.4 Å². The molecule has 0 spiro atoms. The van der Waals surface area contributed by atoms with Gasteiger partial charge < -0.3 is 9.80 Å². The van der Waals surface area contributed by atoms with Gasteiger partial charge in [0.05, 0.1) is 5.69 Å². The van der Waals surface area contributed by atoms with Crippen LogP contribution in [0.1, 0.15) is 16.1 Å². The summed E-state index contributed by atoms with van der Waals surface area (Å²) in [6.45, 7) is 4.55. The van der Waals surface area contributed by atoms with Gasteiger partial charge >= 0.3 is 0 Å². The largest absolute Gasteiger partial charge is 0.335 e. The molecule has 156 valence electrons. The smallest absolute Gasteiger partial charge is 0.274 e. The molecule has 0 N–H and O–H groups in total. The number of piperazine rings is 1. The van der Waals surface area contributed by atoms with Crippen LogP contribution in [-0.2, 0) is 0 Å². The van der Waals surface area contributed by atoms with E-state index >= 15 is 0 Å². The first-order valence-corrected chi connectivity index (χ1v) is 10.0.